The summed E-state index contributed by atoms with van der Waals surface area (Å²) < 4.78 is 11.9. The van der Waals surface area contributed by atoms with Crippen molar-refractivity contribution in [3.05, 3.63) is 68.2 Å². The molecule has 33 heavy (non-hydrogen) atoms. The predicted molar refractivity (Wildman–Crippen MR) is 125 cm³/mol. The normalized spacial score (nSPS) is 9.48. The van der Waals surface area contributed by atoms with Gasteiger partial charge < -0.3 is 20.1 Å². The van der Waals surface area contributed by atoms with Gasteiger partial charge >= 0.3 is 5.97 Å². The highest BCUT2D eigenvalue weighted by atomic mass is 32.1. The molecule has 0 unspecified atom stereocenters. The van der Waals surface area contributed by atoms with Gasteiger partial charge in [0.15, 0.2) is 12.2 Å². The Balaban J connectivity index is 2.39. The van der Waals surface area contributed by atoms with Crippen molar-refractivity contribution in [2.75, 3.05) is 25.6 Å². The topological polar surface area (TPSA) is 122 Å². The van der Waals surface area contributed by atoms with Crippen LogP contribution in [0.3, 0.4) is 0 Å². The first-order valence-electron chi connectivity index (χ1n) is 9.74. The molecule has 0 atom stereocenters. The fourth-order valence-electron chi connectivity index (χ4n) is 2.44. The predicted octanol–water partition coefficient (Wildman–Crippen LogP) is 0.618. The Labute approximate surface area is 193 Å². The summed E-state index contributed by atoms with van der Waals surface area (Å²) in [5, 5.41) is 14.8. The second-order valence-corrected chi connectivity index (χ2v) is 7.22. The summed E-state index contributed by atoms with van der Waals surface area (Å²) >= 11 is 1.06. The maximum Gasteiger partial charge on any atom is 0.343 e. The molecule has 0 aliphatic carbocycles. The van der Waals surface area contributed by atoms with Crippen LogP contribution >= 0.6 is 11.3 Å². The average molecular weight is 467 g/mol. The molecule has 170 valence electrons. The third-order valence-corrected chi connectivity index (χ3v) is 5.05. The molecular formula is C23H22N4O5S. The third kappa shape index (κ3) is 7.13. The van der Waals surface area contributed by atoms with Gasteiger partial charge in [0.05, 0.1) is 7.11 Å². The molecule has 10 heteroatoms. The number of esters is 1. The van der Waals surface area contributed by atoms with Gasteiger partial charge in [-0.05, 0) is 19.1 Å². The van der Waals surface area contributed by atoms with Gasteiger partial charge in [-0.3, -0.25) is 14.2 Å². The number of benzene rings is 1. The third-order valence-electron chi connectivity index (χ3n) is 4.04. The Morgan fingerprint density at radius 1 is 1.36 bits per heavy atom. The molecule has 1 aromatic heterocycles. The minimum Gasteiger partial charge on any atom is -0.482 e. The van der Waals surface area contributed by atoms with E-state index in [4.69, 9.17) is 4.74 Å². The van der Waals surface area contributed by atoms with Gasteiger partial charge in [0.25, 0.3) is 11.5 Å². The van der Waals surface area contributed by atoms with E-state index in [-0.39, 0.29) is 28.8 Å². The highest BCUT2D eigenvalue weighted by Crippen LogP contribution is 2.17. The molecule has 2 aromatic rings. The van der Waals surface area contributed by atoms with E-state index in [2.05, 4.69) is 33.4 Å². The summed E-state index contributed by atoms with van der Waals surface area (Å²) in [4.78, 5) is 35.9. The second-order valence-electron chi connectivity index (χ2n) is 6.22. The molecule has 1 heterocycles. The van der Waals surface area contributed by atoms with Crippen LogP contribution in [0.2, 0.25) is 0 Å². The standard InChI is InChI=1S/C23H22N4O5S/c1-4-10-26-22(29)16(14-24)12-20-27(5-2)23(30)19(33-20)9-11-25-17-7-6-8-18(13-17)32-15-21(28)31-3/h4,6-8,11,13,25H,1,5,10,15H2,2-3H3,(H,26,29). The molecule has 2 rings (SSSR count). The number of aromatic nitrogens is 1. The lowest BCUT2D eigenvalue weighted by Gasteiger charge is -2.06. The molecule has 0 fully saturated rings. The number of nitrogens with one attached hydrogen (secondary N) is 2. The van der Waals surface area contributed by atoms with Crippen LogP contribution in [0.1, 0.15) is 6.92 Å². The molecule has 0 aliphatic heterocycles. The fourth-order valence-corrected chi connectivity index (χ4v) is 3.42. The van der Waals surface area contributed by atoms with Gasteiger partial charge in [-0.2, -0.15) is 5.26 Å². The summed E-state index contributed by atoms with van der Waals surface area (Å²) in [5.74, 6) is -0.632. The van der Waals surface area contributed by atoms with Crippen molar-refractivity contribution < 1.29 is 19.1 Å². The number of thiazole rings is 1. The number of hydrogen-bond donors (Lipinski definition) is 2. The van der Waals surface area contributed by atoms with Crippen LogP contribution in [0.25, 0.3) is 11.5 Å². The highest BCUT2D eigenvalue weighted by molar-refractivity contribution is 7.07. The Hall–Kier alpha value is -4.28. The van der Waals surface area contributed by atoms with Crippen molar-refractivity contribution >= 4 is 40.4 Å². The average Bonchev–Trinajstić information content (AvgIpc) is 3.13. The van der Waals surface area contributed by atoms with E-state index in [0.717, 1.165) is 11.3 Å². The van der Waals surface area contributed by atoms with Gasteiger partial charge in [0.2, 0.25) is 0 Å². The van der Waals surface area contributed by atoms with Crippen molar-refractivity contribution in [3.63, 3.8) is 0 Å². The molecule has 0 saturated carbocycles. The van der Waals surface area contributed by atoms with Crippen LogP contribution in [0.4, 0.5) is 5.69 Å². The lowest BCUT2D eigenvalue weighted by Crippen LogP contribution is -2.30. The van der Waals surface area contributed by atoms with E-state index >= 15 is 0 Å². The zero-order valence-electron chi connectivity index (χ0n) is 18.1. The van der Waals surface area contributed by atoms with E-state index in [1.54, 1.807) is 37.3 Å². The lowest BCUT2D eigenvalue weighted by molar-refractivity contribution is -0.142. The monoisotopic (exact) mass is 466 g/mol. The Kier molecular flexibility index (Phi) is 9.50. The Morgan fingerprint density at radius 2 is 2.15 bits per heavy atom. The van der Waals surface area contributed by atoms with Crippen LogP contribution in [-0.2, 0) is 20.9 Å². The molecule has 0 spiro atoms. The number of nitrogens with zero attached hydrogens (tertiary/aromatic N) is 2. The first-order chi connectivity index (χ1) is 15.9. The number of methoxy groups -OCH3 is 1. The number of rotatable bonds is 9. The van der Waals surface area contributed by atoms with Crippen LogP contribution in [0.15, 0.2) is 53.5 Å². The van der Waals surface area contributed by atoms with Crippen LogP contribution in [0.5, 0.6) is 5.75 Å². The molecule has 0 aliphatic rings. The number of hydrogen-bond acceptors (Lipinski definition) is 8. The minimum absolute atomic E-state index is 0.207. The summed E-state index contributed by atoms with van der Waals surface area (Å²) in [7, 11) is 1.28. The molecule has 1 aromatic carbocycles. The number of nitriles is 1. The van der Waals surface area contributed by atoms with Gasteiger partial charge in [0.1, 0.15) is 21.0 Å². The molecule has 2 N–H and O–H groups in total. The molecule has 9 nitrogen and oxygen atoms in total. The summed E-state index contributed by atoms with van der Waals surface area (Å²) in [6.45, 7) is 5.61. The maximum absolute atomic E-state index is 12.7. The van der Waals surface area contributed by atoms with E-state index in [9.17, 15) is 19.6 Å². The zero-order valence-corrected chi connectivity index (χ0v) is 19.0. The van der Waals surface area contributed by atoms with E-state index in [1.165, 1.54) is 24.0 Å². The molecule has 1 amide bonds. The number of carbonyl (C=O) groups is 2. The van der Waals surface area contributed by atoms with Crippen molar-refractivity contribution in [1.82, 2.24) is 9.88 Å². The van der Waals surface area contributed by atoms with E-state index in [0.29, 0.717) is 22.6 Å². The molecule has 0 saturated heterocycles. The first kappa shape index (κ1) is 25.0. The summed E-state index contributed by atoms with van der Waals surface area (Å²) in [6.07, 6.45) is 2.95. The Morgan fingerprint density at radius 3 is 2.82 bits per heavy atom. The fraction of sp³-hybridized carbons (Fsp3) is 0.217. The van der Waals surface area contributed by atoms with Gasteiger partial charge in [-0.15, -0.1) is 6.58 Å². The van der Waals surface area contributed by atoms with Crippen LogP contribution in [-0.4, -0.2) is 36.7 Å². The van der Waals surface area contributed by atoms with E-state index in [1.807, 2.05) is 0 Å². The van der Waals surface area contributed by atoms with Crippen molar-refractivity contribution in [2.24, 2.45) is 0 Å². The second kappa shape index (κ2) is 12.5. The Bertz CT molecular complexity index is 1340. The first-order valence-corrected chi connectivity index (χ1v) is 10.6. The van der Waals surface area contributed by atoms with Gasteiger partial charge in [0, 0.05) is 31.0 Å². The van der Waals surface area contributed by atoms with Crippen molar-refractivity contribution in [3.8, 4) is 11.8 Å². The van der Waals surface area contributed by atoms with Crippen molar-refractivity contribution in [2.45, 2.75) is 13.5 Å². The largest absolute Gasteiger partial charge is 0.482 e. The number of anilines is 1. The number of amides is 1. The number of ether oxygens (including phenoxy) is 2. The minimum atomic E-state index is -0.599. The smallest absolute Gasteiger partial charge is 0.343 e. The van der Waals surface area contributed by atoms with Crippen molar-refractivity contribution in [1.29, 1.82) is 5.26 Å². The molecule has 0 bridgehead atoms. The van der Waals surface area contributed by atoms with Crippen LogP contribution in [0, 0.1) is 11.3 Å². The van der Waals surface area contributed by atoms with Gasteiger partial charge in [-0.1, -0.05) is 34.9 Å². The quantitative estimate of drug-likeness (QED) is 0.240. The summed E-state index contributed by atoms with van der Waals surface area (Å²) in [6, 6.07) is 8.66. The van der Waals surface area contributed by atoms with Gasteiger partial charge in [-0.25, -0.2) is 4.79 Å². The highest BCUT2D eigenvalue weighted by Gasteiger charge is 2.08. The zero-order chi connectivity index (χ0) is 24.2. The maximum atomic E-state index is 12.7. The van der Waals surface area contributed by atoms with E-state index < -0.39 is 11.9 Å². The van der Waals surface area contributed by atoms with Crippen LogP contribution < -0.4 is 30.1 Å². The number of carbonyl (C=O) groups excluding carboxylic acids is 2. The molecular weight excluding hydrogens is 444 g/mol. The SMILES string of the molecule is C=CCNC(=O)C(=C=c1sc(=C=CNc2cccc(OCC(=O)OC)c2)c(=O)n1CC)C#N. The molecule has 0 radical (unpaired) electrons. The summed E-state index contributed by atoms with van der Waals surface area (Å²) in [5.41, 5.74) is 5.69. The lowest BCUT2D eigenvalue weighted by atomic mass is 10.3.